The Hall–Kier alpha value is -2.34. The highest BCUT2D eigenvalue weighted by molar-refractivity contribution is 5.94. The summed E-state index contributed by atoms with van der Waals surface area (Å²) < 4.78 is 5.69. The van der Waals surface area contributed by atoms with Crippen molar-refractivity contribution in [2.45, 2.75) is 26.5 Å². The number of aromatic amines is 1. The van der Waals surface area contributed by atoms with Gasteiger partial charge < -0.3 is 19.5 Å². The van der Waals surface area contributed by atoms with Gasteiger partial charge in [0.1, 0.15) is 5.75 Å². The smallest absolute Gasteiger partial charge is 0.254 e. The summed E-state index contributed by atoms with van der Waals surface area (Å²) in [6.07, 6.45) is 3.44. The number of rotatable bonds is 8. The number of nitrogens with one attached hydrogen (secondary N) is 1. The Bertz CT molecular complexity index is 638. The van der Waals surface area contributed by atoms with E-state index in [0.717, 1.165) is 12.2 Å². The van der Waals surface area contributed by atoms with Gasteiger partial charge in [0.15, 0.2) is 0 Å². The van der Waals surface area contributed by atoms with Gasteiger partial charge in [-0.15, -0.1) is 0 Å². The van der Waals surface area contributed by atoms with Crippen LogP contribution in [0.25, 0.3) is 0 Å². The van der Waals surface area contributed by atoms with Crippen LogP contribution in [0.1, 0.15) is 29.9 Å². The Kier molecular flexibility index (Phi) is 6.37. The number of nitrogens with zero attached hydrogens (tertiary/aromatic N) is 3. The molecule has 0 atom stereocenters. The summed E-state index contributed by atoms with van der Waals surface area (Å²) in [6.45, 7) is 5.87. The zero-order valence-corrected chi connectivity index (χ0v) is 14.8. The minimum absolute atomic E-state index is 0.0133. The highest BCUT2D eigenvalue weighted by atomic mass is 16.5. The van der Waals surface area contributed by atoms with Gasteiger partial charge >= 0.3 is 0 Å². The van der Waals surface area contributed by atoms with Crippen molar-refractivity contribution < 1.29 is 9.53 Å². The second-order valence-electron chi connectivity index (χ2n) is 6.30. The third-order valence-corrected chi connectivity index (χ3v) is 3.47. The van der Waals surface area contributed by atoms with E-state index in [4.69, 9.17) is 4.74 Å². The van der Waals surface area contributed by atoms with Crippen molar-refractivity contribution in [1.29, 1.82) is 0 Å². The Morgan fingerprint density at radius 1 is 1.29 bits per heavy atom. The normalized spacial score (nSPS) is 11.1. The number of imidazole rings is 1. The first-order valence-corrected chi connectivity index (χ1v) is 8.13. The van der Waals surface area contributed by atoms with E-state index in [9.17, 15) is 4.79 Å². The van der Waals surface area contributed by atoms with Crippen molar-refractivity contribution in [3.8, 4) is 5.75 Å². The lowest BCUT2D eigenvalue weighted by atomic mass is 10.1. The molecule has 1 aromatic carbocycles. The van der Waals surface area contributed by atoms with Crippen molar-refractivity contribution in [2.24, 2.45) is 0 Å². The van der Waals surface area contributed by atoms with Gasteiger partial charge in [0.05, 0.1) is 24.7 Å². The minimum Gasteiger partial charge on any atom is -0.491 e. The summed E-state index contributed by atoms with van der Waals surface area (Å²) in [4.78, 5) is 23.9. The Labute approximate surface area is 143 Å². The van der Waals surface area contributed by atoms with Gasteiger partial charge in [-0.1, -0.05) is 6.07 Å². The first-order chi connectivity index (χ1) is 11.5. The molecule has 0 aliphatic carbocycles. The van der Waals surface area contributed by atoms with Gasteiger partial charge in [-0.05, 0) is 46.1 Å². The van der Waals surface area contributed by atoms with E-state index in [1.807, 2.05) is 51.0 Å². The monoisotopic (exact) mass is 330 g/mol. The van der Waals surface area contributed by atoms with Crippen molar-refractivity contribution >= 4 is 5.91 Å². The molecular weight excluding hydrogens is 304 g/mol. The molecule has 24 heavy (non-hydrogen) atoms. The average Bonchev–Trinajstić information content (AvgIpc) is 3.03. The molecule has 0 unspecified atom stereocenters. The molecule has 2 aromatic rings. The number of hydrogen-bond acceptors (Lipinski definition) is 4. The van der Waals surface area contributed by atoms with Crippen molar-refractivity contribution in [1.82, 2.24) is 19.8 Å². The second-order valence-corrected chi connectivity index (χ2v) is 6.30. The van der Waals surface area contributed by atoms with E-state index in [-0.39, 0.29) is 12.0 Å². The number of ether oxygens (including phenoxy) is 1. The standard InChI is InChI=1S/C18H26N4O2/c1-14(2)24-17-7-5-6-15(10-17)18(23)22(9-8-21(3)4)12-16-11-19-13-20-16/h5-7,10-11,13-14H,8-9,12H2,1-4H3,(H,19,20). The molecule has 6 heteroatoms. The Morgan fingerprint density at radius 3 is 2.71 bits per heavy atom. The zero-order chi connectivity index (χ0) is 17.5. The predicted octanol–water partition coefficient (Wildman–Crippen LogP) is 2.40. The largest absolute Gasteiger partial charge is 0.491 e. The van der Waals surface area contributed by atoms with Crippen LogP contribution in [0.5, 0.6) is 5.75 Å². The number of carbonyl (C=O) groups is 1. The molecule has 0 aliphatic rings. The van der Waals surface area contributed by atoms with E-state index < -0.39 is 0 Å². The third-order valence-electron chi connectivity index (χ3n) is 3.47. The lowest BCUT2D eigenvalue weighted by molar-refractivity contribution is 0.0729. The van der Waals surface area contributed by atoms with Crippen LogP contribution in [0, 0.1) is 0 Å². The molecule has 130 valence electrons. The second kappa shape index (κ2) is 8.49. The van der Waals surface area contributed by atoms with Gasteiger partial charge in [-0.3, -0.25) is 4.79 Å². The summed E-state index contributed by atoms with van der Waals surface area (Å²) in [7, 11) is 3.99. The van der Waals surface area contributed by atoms with E-state index in [2.05, 4.69) is 14.9 Å². The number of H-pyrrole nitrogens is 1. The molecule has 0 radical (unpaired) electrons. The predicted molar refractivity (Wildman–Crippen MR) is 94.1 cm³/mol. The number of likely N-dealkylation sites (N-methyl/N-ethyl adjacent to an activating group) is 1. The topological polar surface area (TPSA) is 61.5 Å². The summed E-state index contributed by atoms with van der Waals surface area (Å²) in [6, 6.07) is 7.35. The van der Waals surface area contributed by atoms with Gasteiger partial charge in [0, 0.05) is 24.8 Å². The van der Waals surface area contributed by atoms with Gasteiger partial charge in [0.25, 0.3) is 5.91 Å². The summed E-state index contributed by atoms with van der Waals surface area (Å²) in [5.74, 6) is 0.700. The first kappa shape index (κ1) is 18.0. The minimum atomic E-state index is -0.0133. The zero-order valence-electron chi connectivity index (χ0n) is 14.8. The molecule has 0 bridgehead atoms. The molecule has 2 rings (SSSR count). The molecule has 0 spiro atoms. The maximum Gasteiger partial charge on any atom is 0.254 e. The molecule has 1 heterocycles. The molecule has 0 saturated carbocycles. The number of benzene rings is 1. The molecule has 0 saturated heterocycles. The van der Waals surface area contributed by atoms with Crippen LogP contribution in [-0.2, 0) is 6.54 Å². The van der Waals surface area contributed by atoms with Crippen LogP contribution in [0.4, 0.5) is 0 Å². The van der Waals surface area contributed by atoms with Crippen LogP contribution >= 0.6 is 0 Å². The molecule has 6 nitrogen and oxygen atoms in total. The summed E-state index contributed by atoms with van der Waals surface area (Å²) in [5.41, 5.74) is 1.54. The highest BCUT2D eigenvalue weighted by Gasteiger charge is 2.17. The maximum absolute atomic E-state index is 12.9. The lowest BCUT2D eigenvalue weighted by Crippen LogP contribution is -2.36. The van der Waals surface area contributed by atoms with E-state index in [1.165, 1.54) is 0 Å². The van der Waals surface area contributed by atoms with Crippen molar-refractivity contribution in [2.75, 3.05) is 27.2 Å². The third kappa shape index (κ3) is 5.38. The number of aromatic nitrogens is 2. The first-order valence-electron chi connectivity index (χ1n) is 8.13. The van der Waals surface area contributed by atoms with Gasteiger partial charge in [-0.2, -0.15) is 0 Å². The van der Waals surface area contributed by atoms with E-state index in [0.29, 0.717) is 24.4 Å². The Morgan fingerprint density at radius 2 is 2.08 bits per heavy atom. The molecule has 1 N–H and O–H groups in total. The number of hydrogen-bond donors (Lipinski definition) is 1. The average molecular weight is 330 g/mol. The van der Waals surface area contributed by atoms with Crippen molar-refractivity contribution in [3.05, 3.63) is 48.0 Å². The van der Waals surface area contributed by atoms with Crippen molar-refractivity contribution in [3.63, 3.8) is 0 Å². The van der Waals surface area contributed by atoms with Crippen LogP contribution in [0.15, 0.2) is 36.8 Å². The number of amides is 1. The van der Waals surface area contributed by atoms with Crippen LogP contribution in [0.3, 0.4) is 0 Å². The summed E-state index contributed by atoms with van der Waals surface area (Å²) in [5, 5.41) is 0. The Balaban J connectivity index is 2.16. The van der Waals surface area contributed by atoms with Crippen LogP contribution < -0.4 is 4.74 Å². The maximum atomic E-state index is 12.9. The van der Waals surface area contributed by atoms with Crippen LogP contribution in [-0.4, -0.2) is 59.0 Å². The molecular formula is C18H26N4O2. The molecule has 1 amide bonds. The van der Waals surface area contributed by atoms with E-state index >= 15 is 0 Å². The van der Waals surface area contributed by atoms with Gasteiger partial charge in [0.2, 0.25) is 0 Å². The lowest BCUT2D eigenvalue weighted by Gasteiger charge is -2.24. The molecule has 0 aliphatic heterocycles. The fraction of sp³-hybridized carbons (Fsp3) is 0.444. The SMILES string of the molecule is CC(C)Oc1cccc(C(=O)N(CCN(C)C)Cc2cnc[nH]2)c1. The fourth-order valence-corrected chi connectivity index (χ4v) is 2.31. The summed E-state index contributed by atoms with van der Waals surface area (Å²) >= 11 is 0. The highest BCUT2D eigenvalue weighted by Crippen LogP contribution is 2.17. The van der Waals surface area contributed by atoms with Crippen LogP contribution in [0.2, 0.25) is 0 Å². The molecule has 1 aromatic heterocycles. The molecule has 0 fully saturated rings. The quantitative estimate of drug-likeness (QED) is 0.807. The fourth-order valence-electron chi connectivity index (χ4n) is 2.31. The van der Waals surface area contributed by atoms with E-state index in [1.54, 1.807) is 18.6 Å². The van der Waals surface area contributed by atoms with Gasteiger partial charge in [-0.25, -0.2) is 4.98 Å². The number of carbonyl (C=O) groups excluding carboxylic acids is 1.